The van der Waals surface area contributed by atoms with Crippen LogP contribution in [0.15, 0.2) is 46.2 Å². The van der Waals surface area contributed by atoms with E-state index in [0.29, 0.717) is 24.4 Å². The van der Waals surface area contributed by atoms with Gasteiger partial charge in [0.15, 0.2) is 11.6 Å². The molecule has 0 atom stereocenters. The highest BCUT2D eigenvalue weighted by Crippen LogP contribution is 2.30. The van der Waals surface area contributed by atoms with Crippen molar-refractivity contribution in [3.63, 3.8) is 0 Å². The minimum absolute atomic E-state index is 0.0137. The molecule has 1 aliphatic heterocycles. The molecular formula is C20H25F2N3O5S2. The SMILES string of the molecule is CCCCNc1ccc(S(=O)(=O)N2CCOCC2)cc1NS(=O)(=O)c1ccc(F)c(F)c1. The highest BCUT2D eigenvalue weighted by Gasteiger charge is 2.28. The fourth-order valence-corrected chi connectivity index (χ4v) is 5.62. The summed E-state index contributed by atoms with van der Waals surface area (Å²) in [5.74, 6) is -2.48. The third-order valence-corrected chi connectivity index (χ3v) is 8.15. The fourth-order valence-electron chi connectivity index (χ4n) is 3.11. The van der Waals surface area contributed by atoms with Gasteiger partial charge in [-0.1, -0.05) is 13.3 Å². The van der Waals surface area contributed by atoms with E-state index in [-0.39, 0.29) is 36.9 Å². The summed E-state index contributed by atoms with van der Waals surface area (Å²) >= 11 is 0. The topological polar surface area (TPSA) is 105 Å². The van der Waals surface area contributed by atoms with Crippen molar-refractivity contribution in [1.29, 1.82) is 0 Å². The molecule has 0 aliphatic carbocycles. The number of benzene rings is 2. The van der Waals surface area contributed by atoms with E-state index >= 15 is 0 Å². The first-order chi connectivity index (χ1) is 15.1. The van der Waals surface area contributed by atoms with Crippen molar-refractivity contribution in [3.8, 4) is 0 Å². The number of sulfonamides is 2. The second kappa shape index (κ2) is 10.1. The Bertz CT molecular complexity index is 1170. The van der Waals surface area contributed by atoms with E-state index in [9.17, 15) is 25.6 Å². The lowest BCUT2D eigenvalue weighted by atomic mass is 10.2. The van der Waals surface area contributed by atoms with Crippen LogP contribution in [0.4, 0.5) is 20.2 Å². The van der Waals surface area contributed by atoms with Gasteiger partial charge in [-0.15, -0.1) is 0 Å². The molecule has 32 heavy (non-hydrogen) atoms. The lowest BCUT2D eigenvalue weighted by Crippen LogP contribution is -2.40. The first-order valence-corrected chi connectivity index (χ1v) is 13.0. The number of halogens is 2. The second-order valence-electron chi connectivity index (χ2n) is 7.19. The Hall–Kier alpha value is -2.28. The Labute approximate surface area is 186 Å². The Morgan fingerprint density at radius 3 is 2.28 bits per heavy atom. The highest BCUT2D eigenvalue weighted by molar-refractivity contribution is 7.92. The van der Waals surface area contributed by atoms with Gasteiger partial charge in [0, 0.05) is 19.6 Å². The molecule has 3 rings (SSSR count). The van der Waals surface area contributed by atoms with Gasteiger partial charge in [0.05, 0.1) is 34.4 Å². The van der Waals surface area contributed by atoms with Crippen molar-refractivity contribution in [1.82, 2.24) is 4.31 Å². The first-order valence-electron chi connectivity index (χ1n) is 10.1. The van der Waals surface area contributed by atoms with E-state index in [1.165, 1.54) is 22.5 Å². The summed E-state index contributed by atoms with van der Waals surface area (Å²) in [5, 5.41) is 3.08. The van der Waals surface area contributed by atoms with Crippen molar-refractivity contribution in [3.05, 3.63) is 48.0 Å². The van der Waals surface area contributed by atoms with Crippen molar-refractivity contribution < 1.29 is 30.4 Å². The normalized spacial score (nSPS) is 15.5. The quantitative estimate of drug-likeness (QED) is 0.525. The molecule has 12 heteroatoms. The van der Waals surface area contributed by atoms with Gasteiger partial charge in [-0.3, -0.25) is 4.72 Å². The summed E-state index contributed by atoms with van der Waals surface area (Å²) in [6, 6.07) is 6.30. The van der Waals surface area contributed by atoms with Gasteiger partial charge in [0.2, 0.25) is 10.0 Å². The molecule has 0 radical (unpaired) electrons. The number of hydrogen-bond donors (Lipinski definition) is 2. The van der Waals surface area contributed by atoms with Gasteiger partial charge in [-0.2, -0.15) is 4.31 Å². The van der Waals surface area contributed by atoms with Crippen molar-refractivity contribution in [2.24, 2.45) is 0 Å². The number of unbranched alkanes of at least 4 members (excludes halogenated alkanes) is 1. The standard InChI is InChI=1S/C20H25F2N3O5S2/c1-2-3-8-23-19-7-5-16(32(28,29)25-9-11-30-12-10-25)14-20(19)24-31(26,27)15-4-6-17(21)18(22)13-15/h4-7,13-14,23-24H,2-3,8-12H2,1H3. The monoisotopic (exact) mass is 489 g/mol. The number of nitrogens with zero attached hydrogens (tertiary/aromatic N) is 1. The zero-order valence-electron chi connectivity index (χ0n) is 17.5. The van der Waals surface area contributed by atoms with Crippen molar-refractivity contribution >= 4 is 31.4 Å². The van der Waals surface area contributed by atoms with Gasteiger partial charge >= 0.3 is 0 Å². The van der Waals surface area contributed by atoms with E-state index in [4.69, 9.17) is 4.74 Å². The van der Waals surface area contributed by atoms with E-state index in [2.05, 4.69) is 10.0 Å². The molecule has 1 fully saturated rings. The molecule has 1 aliphatic rings. The molecule has 0 spiro atoms. The molecule has 176 valence electrons. The molecule has 2 N–H and O–H groups in total. The molecular weight excluding hydrogens is 464 g/mol. The predicted octanol–water partition coefficient (Wildman–Crippen LogP) is 3.00. The Morgan fingerprint density at radius 1 is 0.938 bits per heavy atom. The summed E-state index contributed by atoms with van der Waals surface area (Å²) < 4.78 is 87.2. The van der Waals surface area contributed by atoms with Crippen molar-refractivity contribution in [2.75, 3.05) is 42.9 Å². The molecule has 2 aromatic rings. The van der Waals surface area contributed by atoms with Crippen LogP contribution in [0.25, 0.3) is 0 Å². The van der Waals surface area contributed by atoms with Gasteiger partial charge in [0.25, 0.3) is 10.0 Å². The Morgan fingerprint density at radius 2 is 1.62 bits per heavy atom. The minimum atomic E-state index is -4.32. The summed E-state index contributed by atoms with van der Waals surface area (Å²) in [6.45, 7) is 3.44. The molecule has 1 heterocycles. The van der Waals surface area contributed by atoms with Crippen LogP contribution < -0.4 is 10.0 Å². The third-order valence-electron chi connectivity index (χ3n) is 4.89. The van der Waals surface area contributed by atoms with Gasteiger partial charge in [-0.25, -0.2) is 25.6 Å². The zero-order valence-corrected chi connectivity index (χ0v) is 19.1. The Balaban J connectivity index is 1.98. The van der Waals surface area contributed by atoms with E-state index < -0.39 is 36.6 Å². The molecule has 1 saturated heterocycles. The maximum atomic E-state index is 13.6. The zero-order chi connectivity index (χ0) is 23.4. The average molecular weight is 490 g/mol. The van der Waals surface area contributed by atoms with Crippen LogP contribution in [0.5, 0.6) is 0 Å². The van der Waals surface area contributed by atoms with Gasteiger partial charge in [-0.05, 0) is 42.8 Å². The maximum Gasteiger partial charge on any atom is 0.262 e. The Kier molecular flexibility index (Phi) is 7.70. The van der Waals surface area contributed by atoms with E-state index in [0.717, 1.165) is 18.9 Å². The molecule has 8 nitrogen and oxygen atoms in total. The second-order valence-corrected chi connectivity index (χ2v) is 10.8. The predicted molar refractivity (Wildman–Crippen MR) is 117 cm³/mol. The summed E-state index contributed by atoms with van der Waals surface area (Å²) in [4.78, 5) is -0.583. The number of nitrogens with one attached hydrogen (secondary N) is 2. The van der Waals surface area contributed by atoms with Crippen LogP contribution in [-0.4, -0.2) is 54.0 Å². The summed E-state index contributed by atoms with van der Waals surface area (Å²) in [7, 11) is -8.20. The smallest absolute Gasteiger partial charge is 0.262 e. The lowest BCUT2D eigenvalue weighted by Gasteiger charge is -2.26. The number of anilines is 2. The lowest BCUT2D eigenvalue weighted by molar-refractivity contribution is 0.0730. The number of morpholine rings is 1. The van der Waals surface area contributed by atoms with Crippen LogP contribution >= 0.6 is 0 Å². The molecule has 0 aromatic heterocycles. The van der Waals surface area contributed by atoms with Crippen LogP contribution in [0.3, 0.4) is 0 Å². The molecule has 2 aromatic carbocycles. The van der Waals surface area contributed by atoms with E-state index in [1.54, 1.807) is 0 Å². The highest BCUT2D eigenvalue weighted by atomic mass is 32.2. The molecule has 0 saturated carbocycles. The number of ether oxygens (including phenoxy) is 1. The average Bonchev–Trinajstić information content (AvgIpc) is 2.77. The van der Waals surface area contributed by atoms with Crippen LogP contribution in [-0.2, 0) is 24.8 Å². The number of rotatable bonds is 9. The van der Waals surface area contributed by atoms with Crippen molar-refractivity contribution in [2.45, 2.75) is 29.6 Å². The van der Waals surface area contributed by atoms with Gasteiger partial charge < -0.3 is 10.1 Å². The maximum absolute atomic E-state index is 13.6. The molecule has 0 amide bonds. The van der Waals surface area contributed by atoms with Crippen LogP contribution in [0, 0.1) is 11.6 Å². The largest absolute Gasteiger partial charge is 0.383 e. The third kappa shape index (κ3) is 5.55. The first kappa shape index (κ1) is 24.4. The van der Waals surface area contributed by atoms with Crippen LogP contribution in [0.1, 0.15) is 19.8 Å². The fraction of sp³-hybridized carbons (Fsp3) is 0.400. The molecule has 0 bridgehead atoms. The van der Waals surface area contributed by atoms with Crippen LogP contribution in [0.2, 0.25) is 0 Å². The summed E-state index contributed by atoms with van der Waals surface area (Å²) in [6.07, 6.45) is 1.70. The number of hydrogen-bond acceptors (Lipinski definition) is 6. The molecule has 0 unspecified atom stereocenters. The van der Waals surface area contributed by atoms with Gasteiger partial charge in [0.1, 0.15) is 0 Å². The van der Waals surface area contributed by atoms with E-state index in [1.807, 2.05) is 6.92 Å². The minimum Gasteiger partial charge on any atom is -0.383 e. The summed E-state index contributed by atoms with van der Waals surface area (Å²) in [5.41, 5.74) is 0.353.